The molecule has 0 aliphatic carbocycles. The smallest absolute Gasteiger partial charge is 0.425 e. The first-order valence-corrected chi connectivity index (χ1v) is 6.28. The molecule has 0 saturated carbocycles. The second-order valence-electron chi connectivity index (χ2n) is 4.72. The van der Waals surface area contributed by atoms with Crippen molar-refractivity contribution in [3.63, 3.8) is 0 Å². The van der Waals surface area contributed by atoms with Gasteiger partial charge in [0.15, 0.2) is 6.10 Å². The zero-order valence-electron chi connectivity index (χ0n) is 11.7. The van der Waals surface area contributed by atoms with Crippen LogP contribution >= 0.6 is 0 Å². The second kappa shape index (κ2) is 5.74. The Morgan fingerprint density at radius 1 is 1.45 bits per heavy atom. The molecule has 2 atom stereocenters. The average Bonchev–Trinajstić information content (AvgIpc) is 2.89. The van der Waals surface area contributed by atoms with Gasteiger partial charge in [-0.3, -0.25) is 0 Å². The molecule has 2 N–H and O–H groups in total. The maximum atomic E-state index is 12.5. The van der Waals surface area contributed by atoms with Crippen molar-refractivity contribution in [3.8, 4) is 0 Å². The van der Waals surface area contributed by atoms with Crippen LogP contribution in [0.1, 0.15) is 25.5 Å². The van der Waals surface area contributed by atoms with Crippen molar-refractivity contribution >= 4 is 12.0 Å². The van der Waals surface area contributed by atoms with Crippen LogP contribution in [0.3, 0.4) is 0 Å². The summed E-state index contributed by atoms with van der Waals surface area (Å²) in [6.07, 6.45) is -4.33. The quantitative estimate of drug-likeness (QED) is 0.839. The number of amides is 2. The van der Waals surface area contributed by atoms with Crippen molar-refractivity contribution in [2.24, 2.45) is 0 Å². The maximum Gasteiger partial charge on any atom is 0.425 e. The topological polar surface area (TPSA) is 80.6 Å². The largest absolute Gasteiger partial charge is 0.472 e. The zero-order chi connectivity index (χ0) is 16.5. The van der Waals surface area contributed by atoms with Crippen molar-refractivity contribution in [3.05, 3.63) is 35.4 Å². The van der Waals surface area contributed by atoms with E-state index >= 15 is 0 Å². The maximum absolute atomic E-state index is 12.5. The number of urea groups is 1. The van der Waals surface area contributed by atoms with E-state index in [-0.39, 0.29) is 11.3 Å². The Labute approximate surface area is 123 Å². The molecule has 9 heteroatoms. The predicted octanol–water partition coefficient (Wildman–Crippen LogP) is 2.40. The van der Waals surface area contributed by atoms with Gasteiger partial charge in [-0.05, 0) is 19.9 Å². The summed E-state index contributed by atoms with van der Waals surface area (Å²) >= 11 is 0. The van der Waals surface area contributed by atoms with Gasteiger partial charge in [-0.15, -0.1) is 0 Å². The highest BCUT2D eigenvalue weighted by atomic mass is 19.4. The summed E-state index contributed by atoms with van der Waals surface area (Å²) in [5.74, 6) is -1.17. The summed E-state index contributed by atoms with van der Waals surface area (Å²) in [7, 11) is 0. The third-order valence-corrected chi connectivity index (χ3v) is 3.11. The Morgan fingerprint density at radius 3 is 2.68 bits per heavy atom. The van der Waals surface area contributed by atoms with Gasteiger partial charge in [-0.25, -0.2) is 9.59 Å². The molecule has 22 heavy (non-hydrogen) atoms. The van der Waals surface area contributed by atoms with E-state index in [1.807, 2.05) is 0 Å². The number of rotatable bonds is 3. The standard InChI is InChI=1S/C13H13F3N2O4/c1-6-9(11(19)22-7(2)13(14,15)16)10(18-12(20)17-6)8-3-4-21-5-8/h3-5,7,10H,1-2H3,(H2,17,18,20). The van der Waals surface area contributed by atoms with Gasteiger partial charge >= 0.3 is 18.2 Å². The molecule has 1 aromatic rings. The molecule has 2 heterocycles. The van der Waals surface area contributed by atoms with Crippen LogP contribution in [0.5, 0.6) is 0 Å². The number of allylic oxidation sites excluding steroid dienone is 1. The number of carbonyl (C=O) groups excluding carboxylic acids is 2. The Hall–Kier alpha value is -2.45. The molecule has 0 spiro atoms. The van der Waals surface area contributed by atoms with Crippen LogP contribution in [0.2, 0.25) is 0 Å². The molecular weight excluding hydrogens is 305 g/mol. The lowest BCUT2D eigenvalue weighted by Gasteiger charge is -2.28. The molecule has 1 aliphatic rings. The van der Waals surface area contributed by atoms with Gasteiger partial charge in [0.1, 0.15) is 0 Å². The van der Waals surface area contributed by atoms with E-state index in [2.05, 4.69) is 15.4 Å². The number of ether oxygens (including phenoxy) is 1. The van der Waals surface area contributed by atoms with Crippen LogP contribution in [-0.2, 0) is 9.53 Å². The minimum Gasteiger partial charge on any atom is -0.472 e. The van der Waals surface area contributed by atoms with E-state index in [0.717, 1.165) is 6.92 Å². The summed E-state index contributed by atoms with van der Waals surface area (Å²) in [5, 5.41) is 4.77. The molecular formula is C13H13F3N2O4. The highest BCUT2D eigenvalue weighted by Crippen LogP contribution is 2.30. The lowest BCUT2D eigenvalue weighted by molar-refractivity contribution is -0.214. The van der Waals surface area contributed by atoms with Crippen LogP contribution in [0.25, 0.3) is 0 Å². The van der Waals surface area contributed by atoms with Crippen LogP contribution in [0, 0.1) is 0 Å². The number of carbonyl (C=O) groups is 2. The molecule has 0 aromatic carbocycles. The molecule has 2 unspecified atom stereocenters. The Balaban J connectivity index is 2.30. The van der Waals surface area contributed by atoms with Crippen molar-refractivity contribution in [1.82, 2.24) is 10.6 Å². The number of alkyl halides is 3. The Kier molecular flexibility index (Phi) is 4.16. The number of hydrogen-bond donors (Lipinski definition) is 2. The van der Waals surface area contributed by atoms with E-state index < -0.39 is 30.3 Å². The average molecular weight is 318 g/mol. The first kappa shape index (κ1) is 15.9. The van der Waals surface area contributed by atoms with Crippen molar-refractivity contribution in [1.29, 1.82) is 0 Å². The fourth-order valence-electron chi connectivity index (χ4n) is 1.94. The molecule has 0 radical (unpaired) electrons. The van der Waals surface area contributed by atoms with Gasteiger partial charge in [0, 0.05) is 11.3 Å². The molecule has 0 bridgehead atoms. The summed E-state index contributed by atoms with van der Waals surface area (Å²) in [4.78, 5) is 23.6. The second-order valence-corrected chi connectivity index (χ2v) is 4.72. The molecule has 1 aliphatic heterocycles. The number of esters is 1. The minimum absolute atomic E-state index is 0.114. The van der Waals surface area contributed by atoms with E-state index in [0.29, 0.717) is 5.56 Å². The third-order valence-electron chi connectivity index (χ3n) is 3.11. The van der Waals surface area contributed by atoms with Gasteiger partial charge in [-0.1, -0.05) is 0 Å². The molecule has 0 fully saturated rings. The summed E-state index contributed by atoms with van der Waals surface area (Å²) in [5.41, 5.74) is 0.423. The lowest BCUT2D eigenvalue weighted by atomic mass is 9.98. The van der Waals surface area contributed by atoms with E-state index in [9.17, 15) is 22.8 Å². The highest BCUT2D eigenvalue weighted by molar-refractivity contribution is 5.95. The zero-order valence-corrected chi connectivity index (χ0v) is 11.7. The van der Waals surface area contributed by atoms with Gasteiger partial charge in [-0.2, -0.15) is 13.2 Å². The summed E-state index contributed by atoms with van der Waals surface area (Å²) < 4.78 is 46.9. The molecule has 120 valence electrons. The summed E-state index contributed by atoms with van der Waals surface area (Å²) in [6.45, 7) is 2.14. The van der Waals surface area contributed by atoms with Crippen molar-refractivity contribution in [2.45, 2.75) is 32.2 Å². The first-order valence-electron chi connectivity index (χ1n) is 6.28. The number of halogens is 3. The Morgan fingerprint density at radius 2 is 2.14 bits per heavy atom. The third kappa shape index (κ3) is 3.23. The van der Waals surface area contributed by atoms with E-state index in [4.69, 9.17) is 4.42 Å². The Bertz CT molecular complexity index is 607. The predicted molar refractivity (Wildman–Crippen MR) is 67.4 cm³/mol. The lowest BCUT2D eigenvalue weighted by Crippen LogP contribution is -2.46. The van der Waals surface area contributed by atoms with Crippen molar-refractivity contribution in [2.75, 3.05) is 0 Å². The van der Waals surface area contributed by atoms with Gasteiger partial charge < -0.3 is 19.8 Å². The monoisotopic (exact) mass is 318 g/mol. The van der Waals surface area contributed by atoms with Crippen LogP contribution in [0.15, 0.2) is 34.3 Å². The summed E-state index contributed by atoms with van der Waals surface area (Å²) in [6, 6.07) is -0.0335. The van der Waals surface area contributed by atoms with Crippen LogP contribution in [0.4, 0.5) is 18.0 Å². The van der Waals surface area contributed by atoms with Crippen molar-refractivity contribution < 1.29 is 31.9 Å². The molecule has 6 nitrogen and oxygen atoms in total. The highest BCUT2D eigenvalue weighted by Gasteiger charge is 2.41. The number of hydrogen-bond acceptors (Lipinski definition) is 4. The normalized spacial score (nSPS) is 20.2. The minimum atomic E-state index is -4.67. The van der Waals surface area contributed by atoms with Gasteiger partial charge in [0.2, 0.25) is 0 Å². The fourth-order valence-corrected chi connectivity index (χ4v) is 1.94. The molecule has 2 amide bonds. The fraction of sp³-hybridized carbons (Fsp3) is 0.385. The van der Waals surface area contributed by atoms with Crippen LogP contribution < -0.4 is 10.6 Å². The van der Waals surface area contributed by atoms with E-state index in [1.165, 1.54) is 25.5 Å². The van der Waals surface area contributed by atoms with Gasteiger partial charge in [0.25, 0.3) is 0 Å². The van der Waals surface area contributed by atoms with Gasteiger partial charge in [0.05, 0.1) is 24.1 Å². The first-order chi connectivity index (χ1) is 10.2. The van der Waals surface area contributed by atoms with Crippen LogP contribution in [-0.4, -0.2) is 24.3 Å². The molecule has 1 aromatic heterocycles. The molecule has 2 rings (SSSR count). The van der Waals surface area contributed by atoms with E-state index in [1.54, 1.807) is 0 Å². The number of nitrogens with one attached hydrogen (secondary N) is 2. The SMILES string of the molecule is CC1=C(C(=O)OC(C)C(F)(F)F)C(c2ccoc2)NC(=O)N1. The number of furan rings is 1. The molecule has 0 saturated heterocycles.